The molecule has 0 atom stereocenters. The van der Waals surface area contributed by atoms with Crippen LogP contribution in [0.3, 0.4) is 0 Å². The van der Waals surface area contributed by atoms with Gasteiger partial charge in [0.1, 0.15) is 5.65 Å². The summed E-state index contributed by atoms with van der Waals surface area (Å²) in [5.41, 5.74) is 6.59. The van der Waals surface area contributed by atoms with Gasteiger partial charge < -0.3 is 0 Å². The van der Waals surface area contributed by atoms with E-state index >= 15 is 0 Å². The first kappa shape index (κ1) is 22.2. The van der Waals surface area contributed by atoms with E-state index in [9.17, 15) is 10.1 Å². The van der Waals surface area contributed by atoms with Gasteiger partial charge in [0.25, 0.3) is 5.56 Å². The fraction of sp³-hybridized carbons (Fsp3) is 0.310. The van der Waals surface area contributed by atoms with E-state index in [4.69, 9.17) is 0 Å². The molecule has 5 nitrogen and oxygen atoms in total. The highest BCUT2D eigenvalue weighted by atomic mass is 16.1. The van der Waals surface area contributed by atoms with E-state index in [1.807, 2.05) is 57.7 Å². The van der Waals surface area contributed by atoms with Crippen LogP contribution in [0.5, 0.6) is 0 Å². The molecule has 2 aromatic carbocycles. The van der Waals surface area contributed by atoms with Crippen LogP contribution in [0, 0.1) is 17.8 Å². The van der Waals surface area contributed by atoms with Crippen LogP contribution in [0.15, 0.2) is 65.6 Å². The molecule has 2 aromatic heterocycles. The number of hydrogen-bond donors (Lipinski definition) is 0. The largest absolute Gasteiger partial charge is 0.290 e. The van der Waals surface area contributed by atoms with Crippen LogP contribution in [0.25, 0.3) is 16.8 Å². The summed E-state index contributed by atoms with van der Waals surface area (Å²) in [5, 5.41) is 14.1. The Labute approximate surface area is 200 Å². The molecular weight excluding hydrogens is 420 g/mol. The Hall–Kier alpha value is -3.65. The number of nitriles is 1. The van der Waals surface area contributed by atoms with Crippen molar-refractivity contribution in [2.24, 2.45) is 0 Å². The summed E-state index contributed by atoms with van der Waals surface area (Å²) in [6.45, 7) is 2.14. The Bertz CT molecular complexity index is 1400. The van der Waals surface area contributed by atoms with Crippen molar-refractivity contribution in [3.05, 3.63) is 100.0 Å². The second-order valence-electron chi connectivity index (χ2n) is 9.08. The number of hydrogen-bond acceptors (Lipinski definition) is 3. The lowest BCUT2D eigenvalue weighted by atomic mass is 9.94. The highest BCUT2D eigenvalue weighted by Crippen LogP contribution is 2.29. The quantitative estimate of drug-likeness (QED) is 0.368. The number of rotatable bonds is 6. The molecule has 5 heteroatoms. The van der Waals surface area contributed by atoms with Gasteiger partial charge in [0.15, 0.2) is 0 Å². The zero-order valence-corrected chi connectivity index (χ0v) is 19.6. The molecule has 1 aliphatic carbocycles. The number of aryl methyl sites for hydroxylation is 1. The van der Waals surface area contributed by atoms with E-state index in [0.717, 1.165) is 72.1 Å². The maximum Gasteiger partial charge on any atom is 0.257 e. The zero-order valence-electron chi connectivity index (χ0n) is 19.6. The summed E-state index contributed by atoms with van der Waals surface area (Å²) in [7, 11) is 0. The van der Waals surface area contributed by atoms with Gasteiger partial charge in [-0.05, 0) is 61.3 Å². The zero-order chi connectivity index (χ0) is 23.5. The molecule has 0 aliphatic heterocycles. The van der Waals surface area contributed by atoms with Gasteiger partial charge >= 0.3 is 0 Å². The summed E-state index contributed by atoms with van der Waals surface area (Å²) in [6.07, 6.45) is 10.6. The first-order valence-electron chi connectivity index (χ1n) is 12.2. The molecule has 1 radical (unpaired) electrons. The molecule has 0 saturated heterocycles. The highest BCUT2D eigenvalue weighted by molar-refractivity contribution is 5.70. The van der Waals surface area contributed by atoms with Crippen molar-refractivity contribution in [1.29, 1.82) is 5.26 Å². The number of benzene rings is 2. The minimum Gasteiger partial charge on any atom is -0.290 e. The Morgan fingerprint density at radius 1 is 1.06 bits per heavy atom. The van der Waals surface area contributed by atoms with Gasteiger partial charge in [-0.1, -0.05) is 55.8 Å². The van der Waals surface area contributed by atoms with Gasteiger partial charge in [0.2, 0.25) is 0 Å². The van der Waals surface area contributed by atoms with Crippen molar-refractivity contribution < 1.29 is 0 Å². The SMILES string of the molecule is CCCc1c(Cc2ccc(-c3ccccc3C#N)cc2)c(=O)n(C2CC[CH]CC2)c2ccnn12. The maximum absolute atomic E-state index is 13.9. The third-order valence-corrected chi connectivity index (χ3v) is 6.90. The van der Waals surface area contributed by atoms with Crippen molar-refractivity contribution in [2.75, 3.05) is 0 Å². The molecule has 0 amide bonds. The molecule has 171 valence electrons. The predicted molar refractivity (Wildman–Crippen MR) is 135 cm³/mol. The van der Waals surface area contributed by atoms with Crippen LogP contribution in [-0.2, 0) is 12.8 Å². The van der Waals surface area contributed by atoms with Crippen molar-refractivity contribution >= 4 is 5.65 Å². The van der Waals surface area contributed by atoms with Crippen molar-refractivity contribution in [2.45, 2.75) is 57.9 Å². The number of aromatic nitrogens is 3. The van der Waals surface area contributed by atoms with E-state index < -0.39 is 0 Å². The smallest absolute Gasteiger partial charge is 0.257 e. The molecule has 1 fully saturated rings. The fourth-order valence-electron chi connectivity index (χ4n) is 5.22. The van der Waals surface area contributed by atoms with E-state index in [1.54, 1.807) is 0 Å². The van der Waals surface area contributed by atoms with Gasteiger partial charge in [-0.3, -0.25) is 9.36 Å². The van der Waals surface area contributed by atoms with Gasteiger partial charge in [0, 0.05) is 24.1 Å². The van der Waals surface area contributed by atoms with Gasteiger partial charge in [-0.15, -0.1) is 0 Å². The average Bonchev–Trinajstić information content (AvgIpc) is 3.36. The van der Waals surface area contributed by atoms with Crippen LogP contribution in [0.1, 0.15) is 67.5 Å². The van der Waals surface area contributed by atoms with Crippen LogP contribution in [-0.4, -0.2) is 14.2 Å². The van der Waals surface area contributed by atoms with Crippen molar-refractivity contribution in [1.82, 2.24) is 14.2 Å². The first-order valence-corrected chi connectivity index (χ1v) is 12.2. The van der Waals surface area contributed by atoms with E-state index in [2.05, 4.69) is 36.6 Å². The molecule has 1 saturated carbocycles. The predicted octanol–water partition coefficient (Wildman–Crippen LogP) is 5.90. The summed E-state index contributed by atoms with van der Waals surface area (Å²) in [6, 6.07) is 20.4. The lowest BCUT2D eigenvalue weighted by Gasteiger charge is -2.26. The van der Waals surface area contributed by atoms with E-state index in [1.165, 1.54) is 0 Å². The van der Waals surface area contributed by atoms with Crippen molar-refractivity contribution in [3.63, 3.8) is 0 Å². The van der Waals surface area contributed by atoms with Crippen LogP contribution in [0.4, 0.5) is 0 Å². The third-order valence-electron chi connectivity index (χ3n) is 6.90. The van der Waals surface area contributed by atoms with E-state index in [0.29, 0.717) is 12.0 Å². The molecule has 5 rings (SSSR count). The van der Waals surface area contributed by atoms with Crippen LogP contribution >= 0.6 is 0 Å². The monoisotopic (exact) mass is 449 g/mol. The molecule has 1 aliphatic rings. The molecule has 0 spiro atoms. The molecule has 0 unspecified atom stereocenters. The standard InChI is InChI=1S/C29H29N4O/c1-2-8-27-26(19-21-13-15-22(16-14-21)25-12-7-6-9-23(25)20-30)29(34)32(24-10-4-3-5-11-24)28-17-18-31-33(27)28/h3,6-7,9,12-18,24H,2,4-5,8,10-11,19H2,1H3. The average molecular weight is 450 g/mol. The third kappa shape index (κ3) is 4.05. The maximum atomic E-state index is 13.9. The summed E-state index contributed by atoms with van der Waals surface area (Å²) < 4.78 is 4.00. The Kier molecular flexibility index (Phi) is 6.31. The minimum absolute atomic E-state index is 0.127. The second kappa shape index (κ2) is 9.69. The summed E-state index contributed by atoms with van der Waals surface area (Å²) in [5.74, 6) is 0. The Balaban J connectivity index is 1.57. The van der Waals surface area contributed by atoms with Gasteiger partial charge in [-0.25, -0.2) is 4.52 Å². The molecular formula is C29H29N4O. The summed E-state index contributed by atoms with van der Waals surface area (Å²) in [4.78, 5) is 13.9. The van der Waals surface area contributed by atoms with Crippen LogP contribution < -0.4 is 5.56 Å². The lowest BCUT2D eigenvalue weighted by molar-refractivity contribution is 0.389. The molecule has 0 N–H and O–H groups in total. The van der Waals surface area contributed by atoms with E-state index in [-0.39, 0.29) is 11.6 Å². The number of nitrogens with zero attached hydrogens (tertiary/aromatic N) is 4. The first-order chi connectivity index (χ1) is 16.7. The van der Waals surface area contributed by atoms with Gasteiger partial charge in [0.05, 0.1) is 23.5 Å². The topological polar surface area (TPSA) is 63.1 Å². The molecule has 2 heterocycles. The van der Waals surface area contributed by atoms with Gasteiger partial charge in [-0.2, -0.15) is 10.4 Å². The number of fused-ring (bicyclic) bond motifs is 1. The molecule has 4 aromatic rings. The molecule has 34 heavy (non-hydrogen) atoms. The Morgan fingerprint density at radius 3 is 2.56 bits per heavy atom. The summed E-state index contributed by atoms with van der Waals surface area (Å²) >= 11 is 0. The second-order valence-corrected chi connectivity index (χ2v) is 9.08. The molecule has 0 bridgehead atoms. The minimum atomic E-state index is 0.127. The lowest BCUT2D eigenvalue weighted by Crippen LogP contribution is -2.33. The van der Waals surface area contributed by atoms with Crippen LogP contribution in [0.2, 0.25) is 0 Å². The Morgan fingerprint density at radius 2 is 1.82 bits per heavy atom. The van der Waals surface area contributed by atoms with Crippen molar-refractivity contribution in [3.8, 4) is 17.2 Å². The fourth-order valence-corrected chi connectivity index (χ4v) is 5.22. The highest BCUT2D eigenvalue weighted by Gasteiger charge is 2.24. The normalized spacial score (nSPS) is 14.4.